The van der Waals surface area contributed by atoms with E-state index in [0.29, 0.717) is 42.6 Å². The lowest BCUT2D eigenvalue weighted by molar-refractivity contribution is 0.102. The van der Waals surface area contributed by atoms with Crippen LogP contribution >= 0.6 is 0 Å². The Morgan fingerprint density at radius 1 is 1.32 bits per heavy atom. The molecule has 0 N–H and O–H groups in total. The maximum atomic E-state index is 12.4. The first kappa shape index (κ1) is 11.8. The topological polar surface area (TPSA) is 53.4 Å². The quantitative estimate of drug-likeness (QED) is 0.789. The van der Waals surface area contributed by atoms with Crippen LogP contribution in [-0.4, -0.2) is 28.5 Å². The molecule has 1 aliphatic rings. The van der Waals surface area contributed by atoms with Crippen LogP contribution in [0.25, 0.3) is 0 Å². The largest absolute Gasteiger partial charge is 0.486 e. The fraction of sp³-hybridized carbons (Fsp3) is 0.286. The number of imidazole rings is 1. The first-order valence-electron chi connectivity index (χ1n) is 6.25. The molecule has 0 saturated heterocycles. The molecule has 5 heteroatoms. The Morgan fingerprint density at radius 2 is 2.11 bits per heavy atom. The molecule has 0 bridgehead atoms. The van der Waals surface area contributed by atoms with Gasteiger partial charge in [-0.3, -0.25) is 4.79 Å². The normalized spacial score (nSPS) is 13.3. The molecule has 0 aliphatic carbocycles. The van der Waals surface area contributed by atoms with Gasteiger partial charge in [-0.1, -0.05) is 0 Å². The van der Waals surface area contributed by atoms with Crippen LogP contribution in [0.4, 0.5) is 0 Å². The summed E-state index contributed by atoms with van der Waals surface area (Å²) in [5, 5.41) is 0. The molecular weight excluding hydrogens is 244 g/mol. The molecule has 0 unspecified atom stereocenters. The van der Waals surface area contributed by atoms with Crippen molar-refractivity contribution >= 4 is 5.78 Å². The van der Waals surface area contributed by atoms with Crippen LogP contribution in [0.15, 0.2) is 30.6 Å². The highest BCUT2D eigenvalue weighted by Gasteiger charge is 2.18. The molecule has 2 heterocycles. The van der Waals surface area contributed by atoms with Crippen molar-refractivity contribution in [3.63, 3.8) is 0 Å². The van der Waals surface area contributed by atoms with Gasteiger partial charge in [0, 0.05) is 24.5 Å². The molecule has 1 aliphatic heterocycles. The van der Waals surface area contributed by atoms with Gasteiger partial charge in [0.25, 0.3) is 0 Å². The number of hydrogen-bond acceptors (Lipinski definition) is 4. The number of aromatic nitrogens is 2. The number of hydrogen-bond donors (Lipinski definition) is 0. The standard InChI is InChI=1S/C14H14N2O3/c1-2-16-6-5-15-14(16)13(17)10-3-4-11-12(9-10)19-8-7-18-11/h3-6,9H,2,7-8H2,1H3. The zero-order valence-electron chi connectivity index (χ0n) is 10.6. The second kappa shape index (κ2) is 4.76. The smallest absolute Gasteiger partial charge is 0.228 e. The predicted octanol–water partition coefficient (Wildman–Crippen LogP) is 1.91. The van der Waals surface area contributed by atoms with Gasteiger partial charge in [-0.25, -0.2) is 4.98 Å². The van der Waals surface area contributed by atoms with Gasteiger partial charge >= 0.3 is 0 Å². The van der Waals surface area contributed by atoms with Gasteiger partial charge in [0.15, 0.2) is 17.3 Å². The molecule has 3 rings (SSSR count). The van der Waals surface area contributed by atoms with Crippen molar-refractivity contribution in [1.82, 2.24) is 9.55 Å². The summed E-state index contributed by atoms with van der Waals surface area (Å²) in [6.07, 6.45) is 3.43. The number of ketones is 1. The Morgan fingerprint density at radius 3 is 2.89 bits per heavy atom. The van der Waals surface area contributed by atoms with E-state index in [-0.39, 0.29) is 5.78 Å². The maximum Gasteiger partial charge on any atom is 0.228 e. The molecule has 0 atom stereocenters. The van der Waals surface area contributed by atoms with E-state index in [0.717, 1.165) is 0 Å². The van der Waals surface area contributed by atoms with Crippen LogP contribution in [0.1, 0.15) is 23.1 Å². The van der Waals surface area contributed by atoms with Gasteiger partial charge in [0.05, 0.1) is 0 Å². The summed E-state index contributed by atoms with van der Waals surface area (Å²) < 4.78 is 12.7. The van der Waals surface area contributed by atoms with Crippen LogP contribution < -0.4 is 9.47 Å². The van der Waals surface area contributed by atoms with E-state index in [4.69, 9.17) is 9.47 Å². The van der Waals surface area contributed by atoms with E-state index in [2.05, 4.69) is 4.98 Å². The third-order valence-corrected chi connectivity index (χ3v) is 3.06. The summed E-state index contributed by atoms with van der Waals surface area (Å²) in [7, 11) is 0. The molecule has 0 fully saturated rings. The summed E-state index contributed by atoms with van der Waals surface area (Å²) in [5.74, 6) is 1.64. The molecule has 0 amide bonds. The van der Waals surface area contributed by atoms with Gasteiger partial charge in [-0.2, -0.15) is 0 Å². The van der Waals surface area contributed by atoms with Crippen molar-refractivity contribution in [2.24, 2.45) is 0 Å². The highest BCUT2D eigenvalue weighted by atomic mass is 16.6. The number of fused-ring (bicyclic) bond motifs is 1. The van der Waals surface area contributed by atoms with Gasteiger partial charge in [0.2, 0.25) is 5.78 Å². The lowest BCUT2D eigenvalue weighted by atomic mass is 10.1. The predicted molar refractivity (Wildman–Crippen MR) is 68.8 cm³/mol. The number of rotatable bonds is 3. The van der Waals surface area contributed by atoms with E-state index >= 15 is 0 Å². The highest BCUT2D eigenvalue weighted by molar-refractivity contribution is 6.07. The molecule has 1 aromatic carbocycles. The Hall–Kier alpha value is -2.30. The molecular formula is C14H14N2O3. The summed E-state index contributed by atoms with van der Waals surface area (Å²) in [6, 6.07) is 5.22. The SMILES string of the molecule is CCn1ccnc1C(=O)c1ccc2c(c1)OCCO2. The minimum Gasteiger partial charge on any atom is -0.486 e. The summed E-state index contributed by atoms with van der Waals surface area (Å²) in [6.45, 7) is 3.74. The minimum absolute atomic E-state index is 0.108. The number of ether oxygens (including phenoxy) is 2. The Kier molecular flexibility index (Phi) is 2.95. The zero-order valence-corrected chi connectivity index (χ0v) is 10.6. The lowest BCUT2D eigenvalue weighted by Gasteiger charge is -2.18. The number of carbonyl (C=O) groups is 1. The summed E-state index contributed by atoms with van der Waals surface area (Å²) >= 11 is 0. The van der Waals surface area contributed by atoms with E-state index in [1.807, 2.05) is 11.5 Å². The molecule has 1 aromatic heterocycles. The number of nitrogens with zero attached hydrogens (tertiary/aromatic N) is 2. The van der Waals surface area contributed by atoms with Crippen molar-refractivity contribution in [3.8, 4) is 11.5 Å². The second-order valence-corrected chi connectivity index (χ2v) is 4.22. The van der Waals surface area contributed by atoms with Crippen molar-refractivity contribution in [2.45, 2.75) is 13.5 Å². The molecule has 2 aromatic rings. The number of benzene rings is 1. The Bertz CT molecular complexity index is 619. The number of aryl methyl sites for hydroxylation is 1. The molecule has 5 nitrogen and oxygen atoms in total. The third-order valence-electron chi connectivity index (χ3n) is 3.06. The number of carbonyl (C=O) groups excluding carboxylic acids is 1. The van der Waals surface area contributed by atoms with Gasteiger partial charge in [0.1, 0.15) is 13.2 Å². The van der Waals surface area contributed by atoms with Gasteiger partial charge in [-0.15, -0.1) is 0 Å². The minimum atomic E-state index is -0.108. The highest BCUT2D eigenvalue weighted by Crippen LogP contribution is 2.31. The fourth-order valence-electron chi connectivity index (χ4n) is 2.09. The van der Waals surface area contributed by atoms with Crippen LogP contribution in [-0.2, 0) is 6.54 Å². The molecule has 0 saturated carbocycles. The van der Waals surface area contributed by atoms with Crippen molar-refractivity contribution in [1.29, 1.82) is 0 Å². The first-order valence-corrected chi connectivity index (χ1v) is 6.25. The molecule has 98 valence electrons. The lowest BCUT2D eigenvalue weighted by Crippen LogP contribution is -2.16. The fourth-order valence-corrected chi connectivity index (χ4v) is 2.09. The van der Waals surface area contributed by atoms with Crippen LogP contribution in [0.5, 0.6) is 11.5 Å². The zero-order chi connectivity index (χ0) is 13.2. The van der Waals surface area contributed by atoms with Crippen molar-refractivity contribution in [3.05, 3.63) is 42.0 Å². The maximum absolute atomic E-state index is 12.4. The average Bonchev–Trinajstić information content (AvgIpc) is 2.94. The molecule has 19 heavy (non-hydrogen) atoms. The average molecular weight is 258 g/mol. The van der Waals surface area contributed by atoms with Crippen molar-refractivity contribution < 1.29 is 14.3 Å². The molecule has 0 radical (unpaired) electrons. The third kappa shape index (κ3) is 2.07. The monoisotopic (exact) mass is 258 g/mol. The van der Waals surface area contributed by atoms with Crippen LogP contribution in [0, 0.1) is 0 Å². The van der Waals surface area contributed by atoms with E-state index < -0.39 is 0 Å². The second-order valence-electron chi connectivity index (χ2n) is 4.22. The Labute approximate surface area is 110 Å². The van der Waals surface area contributed by atoms with E-state index in [9.17, 15) is 4.79 Å². The van der Waals surface area contributed by atoms with Gasteiger partial charge in [-0.05, 0) is 25.1 Å². The van der Waals surface area contributed by atoms with E-state index in [1.54, 1.807) is 30.6 Å². The first-order chi connectivity index (χ1) is 9.29. The van der Waals surface area contributed by atoms with E-state index in [1.165, 1.54) is 0 Å². The Balaban J connectivity index is 1.96. The molecule has 0 spiro atoms. The summed E-state index contributed by atoms with van der Waals surface area (Å²) in [4.78, 5) is 16.5. The van der Waals surface area contributed by atoms with Crippen LogP contribution in [0.2, 0.25) is 0 Å². The van der Waals surface area contributed by atoms with Gasteiger partial charge < -0.3 is 14.0 Å². The van der Waals surface area contributed by atoms with Crippen LogP contribution in [0.3, 0.4) is 0 Å². The van der Waals surface area contributed by atoms with Crippen molar-refractivity contribution in [2.75, 3.05) is 13.2 Å². The summed E-state index contributed by atoms with van der Waals surface area (Å²) in [5.41, 5.74) is 0.560.